The highest BCUT2D eigenvalue weighted by Gasteiger charge is 2.32. The van der Waals surface area contributed by atoms with E-state index in [1.807, 2.05) is 38.1 Å². The molecule has 0 saturated carbocycles. The van der Waals surface area contributed by atoms with E-state index in [1.165, 1.54) is 29.3 Å². The van der Waals surface area contributed by atoms with Crippen molar-refractivity contribution in [1.29, 1.82) is 0 Å². The number of hydrogen-bond acceptors (Lipinski definition) is 5. The Bertz CT molecular complexity index is 1010. The Morgan fingerprint density at radius 3 is 2.10 bits per heavy atom. The van der Waals surface area contributed by atoms with E-state index in [-0.39, 0.29) is 23.0 Å². The van der Waals surface area contributed by atoms with Crippen LogP contribution in [0.2, 0.25) is 0 Å². The molecular weight excluding hydrogens is 414 g/mol. The molecule has 2 atom stereocenters. The molecule has 7 nitrogen and oxygen atoms in total. The standard InChI is InChI=1S/C23H29N3O4S/c1-17-15-26(16-18(2)30-17)31(28,29)22-11-5-19(6-12-22)23(27)24-20-7-9-21(10-8-20)25-13-3-4-14-25/h5-12,17-18H,3-4,13-16H2,1-2H3,(H,24,27)/t17-,18+. The normalized spacial score (nSPS) is 22.5. The first-order valence-corrected chi connectivity index (χ1v) is 12.2. The van der Waals surface area contributed by atoms with E-state index in [9.17, 15) is 13.2 Å². The maximum absolute atomic E-state index is 13.0. The number of morpholine rings is 1. The van der Waals surface area contributed by atoms with Crippen molar-refractivity contribution >= 4 is 27.3 Å². The molecule has 2 aliphatic heterocycles. The second kappa shape index (κ2) is 8.98. The van der Waals surface area contributed by atoms with E-state index in [0.29, 0.717) is 24.3 Å². The van der Waals surface area contributed by atoms with Gasteiger partial charge in [-0.1, -0.05) is 0 Å². The number of nitrogens with zero attached hydrogens (tertiary/aromatic N) is 2. The molecule has 2 aromatic carbocycles. The van der Waals surface area contributed by atoms with Crippen LogP contribution in [0.4, 0.5) is 11.4 Å². The van der Waals surface area contributed by atoms with Crippen molar-refractivity contribution in [2.24, 2.45) is 0 Å². The summed E-state index contributed by atoms with van der Waals surface area (Å²) >= 11 is 0. The van der Waals surface area contributed by atoms with E-state index in [1.54, 1.807) is 12.1 Å². The molecule has 0 radical (unpaired) electrons. The van der Waals surface area contributed by atoms with Crippen molar-refractivity contribution in [3.63, 3.8) is 0 Å². The van der Waals surface area contributed by atoms with Crippen LogP contribution in [0.25, 0.3) is 0 Å². The fourth-order valence-electron chi connectivity index (χ4n) is 4.19. The van der Waals surface area contributed by atoms with Crippen molar-refractivity contribution in [3.05, 3.63) is 54.1 Å². The van der Waals surface area contributed by atoms with Crippen molar-refractivity contribution in [2.75, 3.05) is 36.4 Å². The lowest BCUT2D eigenvalue weighted by Gasteiger charge is -2.34. The highest BCUT2D eigenvalue weighted by atomic mass is 32.2. The molecule has 1 amide bonds. The highest BCUT2D eigenvalue weighted by molar-refractivity contribution is 7.89. The number of ether oxygens (including phenoxy) is 1. The predicted octanol–water partition coefficient (Wildman–Crippen LogP) is 3.34. The number of carbonyl (C=O) groups is 1. The smallest absolute Gasteiger partial charge is 0.255 e. The molecule has 0 aromatic heterocycles. The summed E-state index contributed by atoms with van der Waals surface area (Å²) in [5.74, 6) is -0.272. The Hall–Kier alpha value is -2.42. The summed E-state index contributed by atoms with van der Waals surface area (Å²) in [6.45, 7) is 6.52. The third-order valence-corrected chi connectivity index (χ3v) is 7.58. The van der Waals surface area contributed by atoms with Gasteiger partial charge < -0.3 is 15.0 Å². The fourth-order valence-corrected chi connectivity index (χ4v) is 5.78. The van der Waals surface area contributed by atoms with Gasteiger partial charge >= 0.3 is 0 Å². The number of amides is 1. The van der Waals surface area contributed by atoms with Gasteiger partial charge in [0, 0.05) is 43.1 Å². The molecule has 0 bridgehead atoms. The highest BCUT2D eigenvalue weighted by Crippen LogP contribution is 2.24. The summed E-state index contributed by atoms with van der Waals surface area (Å²) in [5, 5.41) is 2.88. The average Bonchev–Trinajstić information content (AvgIpc) is 3.28. The first-order valence-electron chi connectivity index (χ1n) is 10.7. The summed E-state index contributed by atoms with van der Waals surface area (Å²) < 4.78 is 33.0. The van der Waals surface area contributed by atoms with Crippen molar-refractivity contribution in [2.45, 2.75) is 43.8 Å². The summed E-state index contributed by atoms with van der Waals surface area (Å²) in [7, 11) is -3.63. The lowest BCUT2D eigenvalue weighted by Crippen LogP contribution is -2.48. The van der Waals surface area contributed by atoms with Gasteiger partial charge in [-0.25, -0.2) is 8.42 Å². The van der Waals surface area contributed by atoms with Crippen LogP contribution in [0, 0.1) is 0 Å². The maximum Gasteiger partial charge on any atom is 0.255 e. The minimum Gasteiger partial charge on any atom is -0.373 e. The maximum atomic E-state index is 13.0. The molecule has 0 unspecified atom stereocenters. The molecule has 0 spiro atoms. The Morgan fingerprint density at radius 2 is 1.52 bits per heavy atom. The second-order valence-electron chi connectivity index (χ2n) is 8.30. The van der Waals surface area contributed by atoms with Gasteiger partial charge in [-0.2, -0.15) is 4.31 Å². The third kappa shape index (κ3) is 4.92. The molecule has 2 heterocycles. The monoisotopic (exact) mass is 443 g/mol. The third-order valence-electron chi connectivity index (χ3n) is 5.74. The van der Waals surface area contributed by atoms with Gasteiger partial charge in [0.2, 0.25) is 10.0 Å². The minimum atomic E-state index is -3.63. The van der Waals surface area contributed by atoms with Crippen LogP contribution in [0.5, 0.6) is 0 Å². The zero-order chi connectivity index (χ0) is 22.0. The molecule has 2 aliphatic rings. The van der Waals surface area contributed by atoms with Crippen molar-refractivity contribution in [1.82, 2.24) is 4.31 Å². The Kier molecular flexibility index (Phi) is 6.31. The molecule has 1 N–H and O–H groups in total. The van der Waals surface area contributed by atoms with Crippen LogP contribution in [-0.4, -0.2) is 57.0 Å². The quantitative estimate of drug-likeness (QED) is 0.767. The van der Waals surface area contributed by atoms with Crippen LogP contribution in [0.15, 0.2) is 53.4 Å². The topological polar surface area (TPSA) is 79.0 Å². The van der Waals surface area contributed by atoms with E-state index in [2.05, 4.69) is 10.2 Å². The summed E-state index contributed by atoms with van der Waals surface area (Å²) in [6.07, 6.45) is 2.13. The van der Waals surface area contributed by atoms with E-state index >= 15 is 0 Å². The first kappa shape index (κ1) is 21.8. The first-order chi connectivity index (χ1) is 14.8. The number of anilines is 2. The molecule has 4 rings (SSSR count). The number of sulfonamides is 1. The molecule has 2 fully saturated rings. The van der Waals surface area contributed by atoms with Crippen LogP contribution >= 0.6 is 0 Å². The van der Waals surface area contributed by atoms with Crippen LogP contribution in [-0.2, 0) is 14.8 Å². The largest absolute Gasteiger partial charge is 0.373 e. The number of hydrogen-bond donors (Lipinski definition) is 1. The van der Waals surface area contributed by atoms with Gasteiger partial charge in [-0.3, -0.25) is 4.79 Å². The molecule has 8 heteroatoms. The van der Waals surface area contributed by atoms with E-state index in [4.69, 9.17) is 4.74 Å². The fraction of sp³-hybridized carbons (Fsp3) is 0.435. The van der Waals surface area contributed by atoms with Gasteiger partial charge in [0.15, 0.2) is 0 Å². The van der Waals surface area contributed by atoms with Crippen LogP contribution in [0.1, 0.15) is 37.0 Å². The van der Waals surface area contributed by atoms with Gasteiger partial charge in [0.05, 0.1) is 17.1 Å². The molecule has 2 saturated heterocycles. The zero-order valence-corrected chi connectivity index (χ0v) is 18.8. The van der Waals surface area contributed by atoms with Crippen LogP contribution < -0.4 is 10.2 Å². The second-order valence-corrected chi connectivity index (χ2v) is 10.2. The molecule has 0 aliphatic carbocycles. The average molecular weight is 444 g/mol. The summed E-state index contributed by atoms with van der Waals surface area (Å²) in [4.78, 5) is 15.1. The predicted molar refractivity (Wildman–Crippen MR) is 121 cm³/mol. The Labute approximate surface area is 184 Å². The van der Waals surface area contributed by atoms with Crippen molar-refractivity contribution in [3.8, 4) is 0 Å². The van der Waals surface area contributed by atoms with E-state index < -0.39 is 10.0 Å². The molecule has 166 valence electrons. The molecule has 31 heavy (non-hydrogen) atoms. The lowest BCUT2D eigenvalue weighted by molar-refractivity contribution is -0.0440. The number of rotatable bonds is 5. The van der Waals surface area contributed by atoms with Crippen LogP contribution in [0.3, 0.4) is 0 Å². The number of carbonyl (C=O) groups excluding carboxylic acids is 1. The lowest BCUT2D eigenvalue weighted by atomic mass is 10.2. The van der Waals surface area contributed by atoms with Gasteiger partial charge in [-0.05, 0) is 75.2 Å². The van der Waals surface area contributed by atoms with Gasteiger partial charge in [0.25, 0.3) is 5.91 Å². The Morgan fingerprint density at radius 1 is 0.935 bits per heavy atom. The summed E-state index contributed by atoms with van der Waals surface area (Å²) in [5.41, 5.74) is 2.28. The van der Waals surface area contributed by atoms with E-state index in [0.717, 1.165) is 18.8 Å². The molecular formula is C23H29N3O4S. The van der Waals surface area contributed by atoms with Gasteiger partial charge in [0.1, 0.15) is 0 Å². The van der Waals surface area contributed by atoms with Crippen molar-refractivity contribution < 1.29 is 17.9 Å². The number of benzene rings is 2. The minimum absolute atomic E-state index is 0.152. The molecule has 2 aromatic rings. The SMILES string of the molecule is C[C@@H]1CN(S(=O)(=O)c2ccc(C(=O)Nc3ccc(N4CCCC4)cc3)cc2)C[C@H](C)O1. The van der Waals surface area contributed by atoms with Gasteiger partial charge in [-0.15, -0.1) is 0 Å². The summed E-state index contributed by atoms with van der Waals surface area (Å²) in [6, 6.07) is 13.9. The Balaban J connectivity index is 1.42. The number of nitrogens with one attached hydrogen (secondary N) is 1. The zero-order valence-electron chi connectivity index (χ0n) is 18.0.